The SMILES string of the molecule is C[C@]1(O)C/C(=N/Nc2ccccc2)[C@H](C(=O)OCc2ccccc2)[C@@H](c2ccc([N+](=O)[O-])cc2)[C@H]1C(=O)OCc1ccccc1. The largest absolute Gasteiger partial charge is 0.461 e. The van der Waals surface area contributed by atoms with Crippen LogP contribution in [0.4, 0.5) is 11.4 Å². The lowest BCUT2D eigenvalue weighted by Crippen LogP contribution is -2.55. The van der Waals surface area contributed by atoms with Gasteiger partial charge in [0.15, 0.2) is 0 Å². The monoisotopic (exact) mass is 607 g/mol. The second kappa shape index (κ2) is 14.0. The van der Waals surface area contributed by atoms with Crippen LogP contribution in [0.2, 0.25) is 0 Å². The van der Waals surface area contributed by atoms with Gasteiger partial charge in [0.25, 0.3) is 5.69 Å². The molecule has 0 radical (unpaired) electrons. The molecule has 0 spiro atoms. The fourth-order valence-electron chi connectivity index (χ4n) is 5.65. The highest BCUT2D eigenvalue weighted by Gasteiger charge is 2.56. The highest BCUT2D eigenvalue weighted by Crippen LogP contribution is 2.47. The van der Waals surface area contributed by atoms with E-state index in [-0.39, 0.29) is 31.0 Å². The van der Waals surface area contributed by atoms with Crippen molar-refractivity contribution in [3.8, 4) is 0 Å². The number of carbonyl (C=O) groups is 2. The van der Waals surface area contributed by atoms with Crippen LogP contribution in [0.15, 0.2) is 120 Å². The van der Waals surface area contributed by atoms with Gasteiger partial charge in [-0.15, -0.1) is 0 Å². The highest BCUT2D eigenvalue weighted by atomic mass is 16.6. The molecule has 4 aromatic rings. The predicted molar refractivity (Wildman–Crippen MR) is 168 cm³/mol. The van der Waals surface area contributed by atoms with Gasteiger partial charge < -0.3 is 14.6 Å². The number of esters is 2. The molecular weight excluding hydrogens is 574 g/mol. The van der Waals surface area contributed by atoms with Crippen LogP contribution in [-0.2, 0) is 32.3 Å². The first-order valence-corrected chi connectivity index (χ1v) is 14.5. The van der Waals surface area contributed by atoms with Gasteiger partial charge in [-0.3, -0.25) is 25.1 Å². The molecule has 45 heavy (non-hydrogen) atoms. The molecule has 10 heteroatoms. The van der Waals surface area contributed by atoms with Gasteiger partial charge in [-0.25, -0.2) is 0 Å². The fraction of sp³-hybridized carbons (Fsp3) is 0.229. The zero-order valence-electron chi connectivity index (χ0n) is 24.6. The average molecular weight is 608 g/mol. The van der Waals surface area contributed by atoms with E-state index in [2.05, 4.69) is 10.5 Å². The number of para-hydroxylation sites is 1. The summed E-state index contributed by atoms with van der Waals surface area (Å²) in [5.41, 5.74) is 3.93. The number of non-ortho nitro benzene ring substituents is 1. The first-order chi connectivity index (χ1) is 21.7. The number of nitro groups is 1. The van der Waals surface area contributed by atoms with Crippen molar-refractivity contribution in [1.82, 2.24) is 0 Å². The van der Waals surface area contributed by atoms with E-state index in [1.54, 1.807) is 12.1 Å². The molecule has 0 bridgehead atoms. The molecule has 0 amide bonds. The van der Waals surface area contributed by atoms with Gasteiger partial charge in [0.1, 0.15) is 19.1 Å². The maximum atomic E-state index is 14.0. The van der Waals surface area contributed by atoms with Crippen LogP contribution in [0.1, 0.15) is 36.0 Å². The highest BCUT2D eigenvalue weighted by molar-refractivity contribution is 6.06. The molecule has 4 aromatic carbocycles. The molecule has 230 valence electrons. The normalized spacial score (nSPS) is 21.9. The Morgan fingerprint density at radius 1 is 0.844 bits per heavy atom. The van der Waals surface area contributed by atoms with E-state index in [1.165, 1.54) is 31.2 Å². The topological polar surface area (TPSA) is 140 Å². The third-order valence-electron chi connectivity index (χ3n) is 7.83. The van der Waals surface area contributed by atoms with E-state index in [0.717, 1.165) is 11.1 Å². The Morgan fingerprint density at radius 3 is 1.89 bits per heavy atom. The van der Waals surface area contributed by atoms with E-state index < -0.39 is 40.2 Å². The smallest absolute Gasteiger partial charge is 0.315 e. The Hall–Kier alpha value is -5.35. The van der Waals surface area contributed by atoms with Gasteiger partial charge in [0.05, 0.1) is 27.8 Å². The number of aliphatic hydroxyl groups is 1. The first-order valence-electron chi connectivity index (χ1n) is 14.5. The molecule has 5 rings (SSSR count). The summed E-state index contributed by atoms with van der Waals surface area (Å²) in [5.74, 6) is -4.79. The molecule has 0 heterocycles. The zero-order chi connectivity index (χ0) is 31.8. The molecule has 0 saturated heterocycles. The maximum absolute atomic E-state index is 14.0. The van der Waals surface area contributed by atoms with Crippen LogP contribution in [0.25, 0.3) is 0 Å². The average Bonchev–Trinajstić information content (AvgIpc) is 3.06. The van der Waals surface area contributed by atoms with Crippen LogP contribution >= 0.6 is 0 Å². The number of anilines is 1. The molecule has 0 aromatic heterocycles. The Morgan fingerprint density at radius 2 is 1.36 bits per heavy atom. The summed E-state index contributed by atoms with van der Waals surface area (Å²) >= 11 is 0. The van der Waals surface area contributed by atoms with Gasteiger partial charge >= 0.3 is 11.9 Å². The first kappa shape index (κ1) is 31.1. The third kappa shape index (κ3) is 7.60. The van der Waals surface area contributed by atoms with E-state index >= 15 is 0 Å². The van der Waals surface area contributed by atoms with E-state index in [0.29, 0.717) is 11.3 Å². The van der Waals surface area contributed by atoms with Crippen molar-refractivity contribution >= 4 is 29.0 Å². The van der Waals surface area contributed by atoms with Crippen molar-refractivity contribution in [2.45, 2.75) is 38.1 Å². The second-order valence-electron chi connectivity index (χ2n) is 11.1. The van der Waals surface area contributed by atoms with Gasteiger partial charge in [-0.2, -0.15) is 5.10 Å². The van der Waals surface area contributed by atoms with Crippen LogP contribution < -0.4 is 5.43 Å². The number of benzene rings is 4. The van der Waals surface area contributed by atoms with Crippen molar-refractivity contribution < 1.29 is 29.1 Å². The summed E-state index contributed by atoms with van der Waals surface area (Å²) in [6, 6.07) is 32.9. The third-order valence-corrected chi connectivity index (χ3v) is 7.83. The zero-order valence-corrected chi connectivity index (χ0v) is 24.6. The van der Waals surface area contributed by atoms with Crippen molar-refractivity contribution in [2.24, 2.45) is 16.9 Å². The molecule has 10 nitrogen and oxygen atoms in total. The second-order valence-corrected chi connectivity index (χ2v) is 11.1. The number of nitrogens with one attached hydrogen (secondary N) is 1. The van der Waals surface area contributed by atoms with Crippen molar-refractivity contribution in [2.75, 3.05) is 5.43 Å². The molecule has 1 fully saturated rings. The number of carbonyl (C=O) groups excluding carboxylic acids is 2. The number of hydrazone groups is 1. The minimum absolute atomic E-state index is 0.0257. The Kier molecular flexibility index (Phi) is 9.64. The van der Waals surface area contributed by atoms with Crippen molar-refractivity contribution in [3.63, 3.8) is 0 Å². The number of nitrogens with zero attached hydrogens (tertiary/aromatic N) is 2. The van der Waals surface area contributed by atoms with Gasteiger partial charge in [-0.05, 0) is 35.7 Å². The molecule has 1 aliphatic carbocycles. The molecule has 1 aliphatic rings. The minimum Gasteiger partial charge on any atom is -0.461 e. The number of hydrogen-bond donors (Lipinski definition) is 2. The summed E-state index contributed by atoms with van der Waals surface area (Å²) in [7, 11) is 0. The number of nitro benzene ring substituents is 1. The van der Waals surface area contributed by atoms with Crippen LogP contribution in [-0.4, -0.2) is 33.3 Å². The summed E-state index contributed by atoms with van der Waals surface area (Å²) in [4.78, 5) is 38.8. The lowest BCUT2D eigenvalue weighted by atomic mass is 9.61. The van der Waals surface area contributed by atoms with E-state index in [1.807, 2.05) is 78.9 Å². The number of hydrogen-bond acceptors (Lipinski definition) is 9. The van der Waals surface area contributed by atoms with Crippen LogP contribution in [0.3, 0.4) is 0 Å². The Bertz CT molecular complexity index is 1640. The van der Waals surface area contributed by atoms with Gasteiger partial charge in [0.2, 0.25) is 0 Å². The van der Waals surface area contributed by atoms with Crippen molar-refractivity contribution in [3.05, 3.63) is 142 Å². The molecular formula is C35H33N3O7. The minimum atomic E-state index is -1.71. The Labute approximate surface area is 260 Å². The number of rotatable bonds is 10. The van der Waals surface area contributed by atoms with Crippen LogP contribution in [0, 0.1) is 22.0 Å². The van der Waals surface area contributed by atoms with Crippen molar-refractivity contribution in [1.29, 1.82) is 0 Å². The van der Waals surface area contributed by atoms with Crippen LogP contribution in [0.5, 0.6) is 0 Å². The Balaban J connectivity index is 1.57. The lowest BCUT2D eigenvalue weighted by Gasteiger charge is -2.45. The lowest BCUT2D eigenvalue weighted by molar-refractivity contribution is -0.384. The summed E-state index contributed by atoms with van der Waals surface area (Å²) in [5, 5.41) is 27.9. The maximum Gasteiger partial charge on any atom is 0.315 e. The summed E-state index contributed by atoms with van der Waals surface area (Å²) < 4.78 is 11.5. The standard InChI is InChI=1S/C35H33N3O7/c1-35(41)21-29(37-36-27-15-9-4-10-16-27)31(33(39)44-22-24-11-5-2-6-12-24)30(26-17-19-28(20-18-26)38(42)43)32(35)34(40)45-23-25-13-7-3-8-14-25/h2-20,30-32,36,41H,21-23H2,1H3/b37-29-/t30-,31+,32+,35+/m1/s1. The van der Waals surface area contributed by atoms with Gasteiger partial charge in [0, 0.05) is 24.5 Å². The summed E-state index contributed by atoms with van der Waals surface area (Å²) in [6.07, 6.45) is -0.146. The van der Waals surface area contributed by atoms with E-state index in [9.17, 15) is 24.8 Å². The molecule has 2 N–H and O–H groups in total. The number of ether oxygens (including phenoxy) is 2. The molecule has 4 atom stereocenters. The molecule has 1 saturated carbocycles. The summed E-state index contributed by atoms with van der Waals surface area (Å²) in [6.45, 7) is 1.43. The fourth-order valence-corrected chi connectivity index (χ4v) is 5.65. The molecule has 0 unspecified atom stereocenters. The quantitative estimate of drug-likeness (QED) is 0.127. The van der Waals surface area contributed by atoms with E-state index in [4.69, 9.17) is 9.47 Å². The molecule has 0 aliphatic heterocycles. The predicted octanol–water partition coefficient (Wildman–Crippen LogP) is 6.02. The van der Waals surface area contributed by atoms with Gasteiger partial charge in [-0.1, -0.05) is 91.0 Å².